The normalized spacial score (nSPS) is 31.8. The Labute approximate surface area is 114 Å². The summed E-state index contributed by atoms with van der Waals surface area (Å²) in [4.78, 5) is 24.9. The summed E-state index contributed by atoms with van der Waals surface area (Å²) in [6, 6.07) is 0. The van der Waals surface area contributed by atoms with E-state index in [9.17, 15) is 19.8 Å². The zero-order valence-corrected chi connectivity index (χ0v) is 11.4. The molecule has 1 aliphatic rings. The van der Waals surface area contributed by atoms with Gasteiger partial charge in [0.2, 0.25) is 0 Å². The maximum Gasteiger partial charge on any atom is 0.329 e. The Bertz CT molecular complexity index is 559. The van der Waals surface area contributed by atoms with Crippen LogP contribution < -0.4 is 11.2 Å². The van der Waals surface area contributed by atoms with E-state index in [1.807, 2.05) is 0 Å². The molecular formula is C9H11BrN2O5S. The number of aliphatic hydroxyl groups is 3. The van der Waals surface area contributed by atoms with Gasteiger partial charge in [-0.1, -0.05) is 0 Å². The average Bonchev–Trinajstić information content (AvgIpc) is 2.61. The van der Waals surface area contributed by atoms with Crippen LogP contribution in [-0.2, 0) is 0 Å². The van der Waals surface area contributed by atoms with Crippen LogP contribution in [-0.4, -0.2) is 48.9 Å². The standard InChI is InChI=1S/C9H11BrN2O5S/c10-3-1-12(9(17)11-7(3)16)8-6(15)5(14)4(2-13)18-8/h1,4-6,8,13-15H,2H2,(H,11,16,17)/t4-,5+,6+,8+/m0/s1. The van der Waals surface area contributed by atoms with Crippen LogP contribution in [0.15, 0.2) is 20.3 Å². The molecule has 2 heterocycles. The minimum atomic E-state index is -1.19. The molecule has 4 atom stereocenters. The first-order valence-corrected chi connectivity index (χ1v) is 6.82. The molecule has 1 aromatic rings. The maximum absolute atomic E-state index is 11.6. The van der Waals surface area contributed by atoms with Crippen LogP contribution in [0, 0.1) is 0 Å². The van der Waals surface area contributed by atoms with Crippen molar-refractivity contribution in [1.82, 2.24) is 9.55 Å². The van der Waals surface area contributed by atoms with Gasteiger partial charge in [0.1, 0.15) is 11.5 Å². The molecule has 0 unspecified atom stereocenters. The Balaban J connectivity index is 2.42. The Hall–Kier alpha value is -0.610. The molecule has 0 amide bonds. The van der Waals surface area contributed by atoms with Gasteiger partial charge in [-0.25, -0.2) is 4.79 Å². The third kappa shape index (κ3) is 2.28. The molecule has 0 spiro atoms. The number of nitrogens with one attached hydrogen (secondary N) is 1. The first-order chi connectivity index (χ1) is 8.45. The molecule has 1 fully saturated rings. The van der Waals surface area contributed by atoms with Gasteiger partial charge in [-0.2, -0.15) is 0 Å². The average molecular weight is 339 g/mol. The van der Waals surface area contributed by atoms with Gasteiger partial charge in [-0.15, -0.1) is 11.8 Å². The number of H-pyrrole nitrogens is 1. The molecule has 1 aromatic heterocycles. The molecule has 7 nitrogen and oxygen atoms in total. The minimum absolute atomic E-state index is 0.150. The van der Waals surface area contributed by atoms with E-state index in [1.54, 1.807) is 0 Å². The number of thioether (sulfide) groups is 1. The third-order valence-corrected chi connectivity index (χ3v) is 4.84. The first kappa shape index (κ1) is 13.8. The first-order valence-electron chi connectivity index (χ1n) is 5.09. The molecular weight excluding hydrogens is 328 g/mol. The van der Waals surface area contributed by atoms with Crippen molar-refractivity contribution in [3.63, 3.8) is 0 Å². The molecule has 0 aromatic carbocycles. The highest BCUT2D eigenvalue weighted by molar-refractivity contribution is 9.10. The van der Waals surface area contributed by atoms with Gasteiger partial charge in [0, 0.05) is 6.20 Å². The molecule has 4 N–H and O–H groups in total. The zero-order chi connectivity index (χ0) is 13.4. The SMILES string of the molecule is O=c1[nH]c(=O)n([C@@H]2S[C@@H](CO)[C@@H](O)[C@H]2O)cc1Br. The molecule has 1 saturated heterocycles. The molecule has 2 rings (SSSR count). The van der Waals surface area contributed by atoms with Gasteiger partial charge < -0.3 is 15.3 Å². The molecule has 0 radical (unpaired) electrons. The lowest BCUT2D eigenvalue weighted by molar-refractivity contribution is 0.0101. The predicted octanol–water partition coefficient (Wildman–Crippen LogP) is -1.37. The van der Waals surface area contributed by atoms with Crippen molar-refractivity contribution in [2.24, 2.45) is 0 Å². The Morgan fingerprint density at radius 2 is 2.06 bits per heavy atom. The largest absolute Gasteiger partial charge is 0.395 e. The topological polar surface area (TPSA) is 116 Å². The van der Waals surface area contributed by atoms with Crippen LogP contribution in [0.3, 0.4) is 0 Å². The van der Waals surface area contributed by atoms with Crippen molar-refractivity contribution in [3.05, 3.63) is 31.5 Å². The second kappa shape index (κ2) is 5.17. The van der Waals surface area contributed by atoms with Crippen molar-refractivity contribution in [2.45, 2.75) is 22.8 Å². The fourth-order valence-electron chi connectivity index (χ4n) is 1.76. The van der Waals surface area contributed by atoms with E-state index >= 15 is 0 Å². The smallest absolute Gasteiger partial charge is 0.329 e. The fraction of sp³-hybridized carbons (Fsp3) is 0.556. The Morgan fingerprint density at radius 3 is 2.61 bits per heavy atom. The summed E-state index contributed by atoms with van der Waals surface area (Å²) in [6.45, 7) is -0.307. The maximum atomic E-state index is 11.6. The number of hydrogen-bond acceptors (Lipinski definition) is 6. The van der Waals surface area contributed by atoms with Crippen molar-refractivity contribution in [3.8, 4) is 0 Å². The van der Waals surface area contributed by atoms with Gasteiger partial charge >= 0.3 is 5.69 Å². The summed E-state index contributed by atoms with van der Waals surface area (Å²) < 4.78 is 1.27. The van der Waals surface area contributed by atoms with Crippen molar-refractivity contribution in [2.75, 3.05) is 6.61 Å². The Morgan fingerprint density at radius 1 is 1.39 bits per heavy atom. The second-order valence-corrected chi connectivity index (χ2v) is 6.09. The van der Waals surface area contributed by atoms with Gasteiger partial charge in [0.05, 0.1) is 22.4 Å². The van der Waals surface area contributed by atoms with E-state index in [4.69, 9.17) is 5.11 Å². The third-order valence-electron chi connectivity index (χ3n) is 2.72. The zero-order valence-electron chi connectivity index (χ0n) is 8.99. The van der Waals surface area contributed by atoms with Crippen LogP contribution in [0.1, 0.15) is 5.37 Å². The highest BCUT2D eigenvalue weighted by Crippen LogP contribution is 2.40. The van der Waals surface area contributed by atoms with E-state index < -0.39 is 34.1 Å². The highest BCUT2D eigenvalue weighted by Gasteiger charge is 2.43. The summed E-state index contributed by atoms with van der Waals surface area (Å²) in [6.07, 6.45) is -1.06. The summed E-state index contributed by atoms with van der Waals surface area (Å²) in [5, 5.41) is 27.2. The predicted molar refractivity (Wildman–Crippen MR) is 68.5 cm³/mol. The van der Waals surface area contributed by atoms with Crippen molar-refractivity contribution >= 4 is 27.7 Å². The van der Waals surface area contributed by atoms with Gasteiger partial charge in [-0.05, 0) is 15.9 Å². The van der Waals surface area contributed by atoms with Crippen LogP contribution >= 0.6 is 27.7 Å². The fourth-order valence-corrected chi connectivity index (χ4v) is 3.46. The molecule has 0 aliphatic carbocycles. The number of aromatic nitrogens is 2. The molecule has 1 aliphatic heterocycles. The lowest BCUT2D eigenvalue weighted by Gasteiger charge is -2.17. The van der Waals surface area contributed by atoms with E-state index in [0.717, 1.165) is 16.3 Å². The number of hydrogen-bond donors (Lipinski definition) is 4. The van der Waals surface area contributed by atoms with Gasteiger partial charge in [0.25, 0.3) is 5.56 Å². The van der Waals surface area contributed by atoms with E-state index in [2.05, 4.69) is 20.9 Å². The van der Waals surface area contributed by atoms with Gasteiger partial charge in [-0.3, -0.25) is 14.3 Å². The molecule has 0 saturated carbocycles. The summed E-state index contributed by atoms with van der Waals surface area (Å²) in [5.41, 5.74) is -1.24. The summed E-state index contributed by atoms with van der Waals surface area (Å²) in [5.74, 6) is 0. The quantitative estimate of drug-likeness (QED) is 0.528. The van der Waals surface area contributed by atoms with Crippen molar-refractivity contribution in [1.29, 1.82) is 0 Å². The Kier molecular flexibility index (Phi) is 3.97. The molecule has 100 valence electrons. The van der Waals surface area contributed by atoms with Crippen LogP contribution in [0.4, 0.5) is 0 Å². The number of aromatic amines is 1. The number of nitrogens with zero attached hydrogens (tertiary/aromatic N) is 1. The van der Waals surface area contributed by atoms with Crippen molar-refractivity contribution < 1.29 is 15.3 Å². The summed E-state index contributed by atoms with van der Waals surface area (Å²) >= 11 is 4.07. The second-order valence-electron chi connectivity index (χ2n) is 3.87. The summed E-state index contributed by atoms with van der Waals surface area (Å²) in [7, 11) is 0. The van der Waals surface area contributed by atoms with E-state index in [0.29, 0.717) is 0 Å². The monoisotopic (exact) mass is 338 g/mol. The minimum Gasteiger partial charge on any atom is -0.395 e. The van der Waals surface area contributed by atoms with Crippen LogP contribution in [0.2, 0.25) is 0 Å². The van der Waals surface area contributed by atoms with Crippen LogP contribution in [0.25, 0.3) is 0 Å². The van der Waals surface area contributed by atoms with Crippen LogP contribution in [0.5, 0.6) is 0 Å². The number of rotatable bonds is 2. The van der Waals surface area contributed by atoms with Gasteiger partial charge in [0.15, 0.2) is 0 Å². The highest BCUT2D eigenvalue weighted by atomic mass is 79.9. The molecule has 9 heteroatoms. The van der Waals surface area contributed by atoms with E-state index in [-0.39, 0.29) is 11.1 Å². The van der Waals surface area contributed by atoms with E-state index in [1.165, 1.54) is 6.20 Å². The lowest BCUT2D eigenvalue weighted by Crippen LogP contribution is -2.37. The molecule has 0 bridgehead atoms. The number of halogens is 1. The lowest BCUT2D eigenvalue weighted by atomic mass is 10.1. The molecule has 18 heavy (non-hydrogen) atoms. The number of aliphatic hydroxyl groups excluding tert-OH is 3.